The first-order valence-electron chi connectivity index (χ1n) is 9.47. The Morgan fingerprint density at radius 2 is 1.69 bits per heavy atom. The number of hydrogen-bond donors (Lipinski definition) is 1. The van der Waals surface area contributed by atoms with Crippen LogP contribution in [0.1, 0.15) is 26.3 Å². The molecule has 1 atom stereocenters. The van der Waals surface area contributed by atoms with E-state index in [-0.39, 0.29) is 25.0 Å². The second kappa shape index (κ2) is 11.1. The average Bonchev–Trinajstić information content (AvgIpc) is 2.70. The van der Waals surface area contributed by atoms with Gasteiger partial charge in [-0.3, -0.25) is 9.59 Å². The Labute approximate surface area is 181 Å². The molecule has 0 aliphatic heterocycles. The highest BCUT2D eigenvalue weighted by molar-refractivity contribution is 6.32. The van der Waals surface area contributed by atoms with Crippen molar-refractivity contribution in [2.45, 2.75) is 33.4 Å². The van der Waals surface area contributed by atoms with Crippen molar-refractivity contribution in [3.05, 3.63) is 64.1 Å². The largest absolute Gasteiger partial charge is 0.482 e. The lowest BCUT2D eigenvalue weighted by molar-refractivity contribution is -0.142. The fraction of sp³-hybridized carbons (Fsp3) is 0.364. The summed E-state index contributed by atoms with van der Waals surface area (Å²) in [5, 5.41) is 3.91. The molecule has 1 N–H and O–H groups in total. The summed E-state index contributed by atoms with van der Waals surface area (Å²) in [4.78, 5) is 27.0. The summed E-state index contributed by atoms with van der Waals surface area (Å²) in [6, 6.07) is 13.4. The maximum Gasteiger partial charge on any atom is 0.261 e. The molecule has 2 amide bonds. The second-order valence-corrected chi connectivity index (χ2v) is 8.03. The van der Waals surface area contributed by atoms with Crippen LogP contribution >= 0.6 is 23.2 Å². The Balaban J connectivity index is 2.13. The minimum absolute atomic E-state index is 0.209. The number of carbonyl (C=O) groups excluding carboxylic acids is 2. The highest BCUT2D eigenvalue weighted by atomic mass is 35.5. The predicted molar refractivity (Wildman–Crippen MR) is 116 cm³/mol. The first-order valence-corrected chi connectivity index (χ1v) is 10.2. The molecule has 2 aromatic rings. The normalized spacial score (nSPS) is 11.8. The van der Waals surface area contributed by atoms with Gasteiger partial charge in [0.2, 0.25) is 5.91 Å². The quantitative estimate of drug-likeness (QED) is 0.626. The van der Waals surface area contributed by atoms with E-state index >= 15 is 0 Å². The Bertz CT molecular complexity index is 825. The molecule has 0 aliphatic carbocycles. The molecule has 0 radical (unpaired) electrons. The molecule has 0 unspecified atom stereocenters. The smallest absolute Gasteiger partial charge is 0.261 e. The van der Waals surface area contributed by atoms with Crippen LogP contribution in [0.25, 0.3) is 0 Å². The SMILES string of the molecule is CC(C)CNC(=O)[C@@H](C)N(Cc1ccc(Cl)cc1)C(=O)COc1ccccc1Cl. The zero-order chi connectivity index (χ0) is 21.4. The van der Waals surface area contributed by atoms with Crippen molar-refractivity contribution in [1.82, 2.24) is 10.2 Å². The van der Waals surface area contributed by atoms with Crippen molar-refractivity contribution in [3.63, 3.8) is 0 Å². The summed E-state index contributed by atoms with van der Waals surface area (Å²) in [6.45, 7) is 6.32. The fourth-order valence-electron chi connectivity index (χ4n) is 2.61. The molecule has 0 saturated heterocycles. The first-order chi connectivity index (χ1) is 13.8. The van der Waals surface area contributed by atoms with Gasteiger partial charge in [0, 0.05) is 18.1 Å². The molecule has 7 heteroatoms. The van der Waals surface area contributed by atoms with Gasteiger partial charge in [-0.25, -0.2) is 0 Å². The van der Waals surface area contributed by atoms with E-state index in [0.29, 0.717) is 28.3 Å². The summed E-state index contributed by atoms with van der Waals surface area (Å²) >= 11 is 12.0. The van der Waals surface area contributed by atoms with Crippen LogP contribution in [0.4, 0.5) is 0 Å². The van der Waals surface area contributed by atoms with Crippen LogP contribution in [0.5, 0.6) is 5.75 Å². The van der Waals surface area contributed by atoms with Gasteiger partial charge in [-0.2, -0.15) is 0 Å². The van der Waals surface area contributed by atoms with Crippen molar-refractivity contribution < 1.29 is 14.3 Å². The number of para-hydroxylation sites is 1. The van der Waals surface area contributed by atoms with Gasteiger partial charge in [0.05, 0.1) is 5.02 Å². The van der Waals surface area contributed by atoms with E-state index < -0.39 is 6.04 Å². The molecule has 0 aliphatic rings. The minimum Gasteiger partial charge on any atom is -0.482 e. The monoisotopic (exact) mass is 436 g/mol. The lowest BCUT2D eigenvalue weighted by Gasteiger charge is -2.29. The van der Waals surface area contributed by atoms with Gasteiger partial charge in [-0.05, 0) is 42.7 Å². The van der Waals surface area contributed by atoms with Crippen LogP contribution in [0.15, 0.2) is 48.5 Å². The molecule has 0 saturated carbocycles. The van der Waals surface area contributed by atoms with E-state index in [9.17, 15) is 9.59 Å². The molecule has 0 aromatic heterocycles. The van der Waals surface area contributed by atoms with E-state index in [1.807, 2.05) is 26.0 Å². The van der Waals surface area contributed by atoms with E-state index in [1.54, 1.807) is 43.3 Å². The van der Waals surface area contributed by atoms with Gasteiger partial charge < -0.3 is 15.0 Å². The first kappa shape index (κ1) is 23.0. The van der Waals surface area contributed by atoms with Gasteiger partial charge in [0.25, 0.3) is 5.91 Å². The third-order valence-corrected chi connectivity index (χ3v) is 4.87. The van der Waals surface area contributed by atoms with Gasteiger partial charge in [0.15, 0.2) is 6.61 Å². The van der Waals surface area contributed by atoms with E-state index in [4.69, 9.17) is 27.9 Å². The number of rotatable bonds is 9. The maximum atomic E-state index is 12.9. The van der Waals surface area contributed by atoms with Gasteiger partial charge >= 0.3 is 0 Å². The van der Waals surface area contributed by atoms with Crippen LogP contribution in [0.3, 0.4) is 0 Å². The Hall–Kier alpha value is -2.24. The Morgan fingerprint density at radius 1 is 1.03 bits per heavy atom. The summed E-state index contributed by atoms with van der Waals surface area (Å²) in [5.74, 6) is 0.215. The molecule has 0 spiro atoms. The molecule has 0 bridgehead atoms. The van der Waals surface area contributed by atoms with E-state index in [0.717, 1.165) is 5.56 Å². The highest BCUT2D eigenvalue weighted by Crippen LogP contribution is 2.23. The number of halogens is 2. The van der Waals surface area contributed by atoms with Gasteiger partial charge in [-0.1, -0.05) is 61.3 Å². The molecular formula is C22H26Cl2N2O3. The molecule has 29 heavy (non-hydrogen) atoms. The summed E-state index contributed by atoms with van der Waals surface area (Å²) < 4.78 is 5.59. The molecule has 0 fully saturated rings. The zero-order valence-corrected chi connectivity index (χ0v) is 18.3. The molecule has 0 heterocycles. The zero-order valence-electron chi connectivity index (χ0n) is 16.8. The standard InChI is InChI=1S/C22H26Cl2N2O3/c1-15(2)12-25-22(28)16(3)26(13-17-8-10-18(23)11-9-17)21(27)14-29-20-7-5-4-6-19(20)24/h4-11,15-16H,12-14H2,1-3H3,(H,25,28)/t16-/m1/s1. The lowest BCUT2D eigenvalue weighted by Crippen LogP contribution is -2.49. The van der Waals surface area contributed by atoms with Crippen LogP contribution in [-0.4, -0.2) is 35.9 Å². The number of amides is 2. The van der Waals surface area contributed by atoms with Crippen LogP contribution in [0.2, 0.25) is 10.0 Å². The third-order valence-electron chi connectivity index (χ3n) is 4.31. The third kappa shape index (κ3) is 7.26. The van der Waals surface area contributed by atoms with Crippen molar-refractivity contribution in [2.75, 3.05) is 13.2 Å². The minimum atomic E-state index is -0.660. The maximum absolute atomic E-state index is 12.9. The number of nitrogens with one attached hydrogen (secondary N) is 1. The molecule has 2 aromatic carbocycles. The molecule has 156 valence electrons. The summed E-state index contributed by atoms with van der Waals surface area (Å²) in [7, 11) is 0. The highest BCUT2D eigenvalue weighted by Gasteiger charge is 2.26. The van der Waals surface area contributed by atoms with E-state index in [1.165, 1.54) is 4.90 Å². The summed E-state index contributed by atoms with van der Waals surface area (Å²) in [6.07, 6.45) is 0. The lowest BCUT2D eigenvalue weighted by atomic mass is 10.1. The van der Waals surface area contributed by atoms with Crippen molar-refractivity contribution in [3.8, 4) is 5.75 Å². The Kier molecular flexibility index (Phi) is 8.80. The van der Waals surface area contributed by atoms with Gasteiger partial charge in [0.1, 0.15) is 11.8 Å². The van der Waals surface area contributed by atoms with Gasteiger partial charge in [-0.15, -0.1) is 0 Å². The molecular weight excluding hydrogens is 411 g/mol. The second-order valence-electron chi connectivity index (χ2n) is 7.18. The fourth-order valence-corrected chi connectivity index (χ4v) is 2.92. The van der Waals surface area contributed by atoms with Crippen molar-refractivity contribution in [2.24, 2.45) is 5.92 Å². The molecule has 2 rings (SSSR count). The van der Waals surface area contributed by atoms with Crippen LogP contribution < -0.4 is 10.1 Å². The number of benzene rings is 2. The number of hydrogen-bond acceptors (Lipinski definition) is 3. The summed E-state index contributed by atoms with van der Waals surface area (Å²) in [5.41, 5.74) is 0.865. The van der Waals surface area contributed by atoms with Crippen LogP contribution in [-0.2, 0) is 16.1 Å². The number of ether oxygens (including phenoxy) is 1. The predicted octanol–water partition coefficient (Wildman–Crippen LogP) is 4.56. The molecule has 5 nitrogen and oxygen atoms in total. The average molecular weight is 437 g/mol. The Morgan fingerprint density at radius 3 is 2.31 bits per heavy atom. The van der Waals surface area contributed by atoms with Crippen molar-refractivity contribution in [1.29, 1.82) is 0 Å². The van der Waals surface area contributed by atoms with Crippen LogP contribution in [0, 0.1) is 5.92 Å². The van der Waals surface area contributed by atoms with Crippen molar-refractivity contribution >= 4 is 35.0 Å². The number of nitrogens with zero attached hydrogens (tertiary/aromatic N) is 1. The topological polar surface area (TPSA) is 58.6 Å². The number of carbonyl (C=O) groups is 2. The van der Waals surface area contributed by atoms with E-state index in [2.05, 4.69) is 5.32 Å².